The van der Waals surface area contributed by atoms with E-state index in [2.05, 4.69) is 0 Å². The maximum Gasteiger partial charge on any atom is 0.329 e. The van der Waals surface area contributed by atoms with Crippen LogP contribution < -0.4 is 4.74 Å². The number of aryl methyl sites for hydroxylation is 1. The minimum absolute atomic E-state index is 0.162. The number of carboxylic acid groups (broad SMARTS) is 1. The number of hydrogen-bond donors (Lipinski definition) is 1. The number of ether oxygens (including phenoxy) is 1. The molecule has 1 aromatic carbocycles. The average Bonchev–Trinajstić information content (AvgIpc) is 2.82. The van der Waals surface area contributed by atoms with Gasteiger partial charge in [0.2, 0.25) is 5.91 Å². The molecule has 5 nitrogen and oxygen atoms in total. The van der Waals surface area contributed by atoms with E-state index in [1.165, 1.54) is 4.90 Å². The zero-order valence-corrected chi connectivity index (χ0v) is 12.5. The van der Waals surface area contributed by atoms with Crippen molar-refractivity contribution in [3.8, 4) is 5.75 Å². The summed E-state index contributed by atoms with van der Waals surface area (Å²) in [6.45, 7) is 4.35. The quantitative estimate of drug-likeness (QED) is 0.903. The highest BCUT2D eigenvalue weighted by molar-refractivity contribution is 5.87. The molecule has 1 heterocycles. The number of aliphatic carboxylic acids is 1. The van der Waals surface area contributed by atoms with Crippen molar-refractivity contribution in [3.05, 3.63) is 29.8 Å². The van der Waals surface area contributed by atoms with E-state index >= 15 is 0 Å². The van der Waals surface area contributed by atoms with E-state index < -0.39 is 11.5 Å². The van der Waals surface area contributed by atoms with Gasteiger partial charge in [0.05, 0.1) is 13.0 Å². The fourth-order valence-corrected chi connectivity index (χ4v) is 2.68. The molecule has 1 N–H and O–H groups in total. The van der Waals surface area contributed by atoms with Gasteiger partial charge in [-0.05, 0) is 44.4 Å². The Bertz CT molecular complexity index is 543. The second-order valence-electron chi connectivity index (χ2n) is 5.64. The smallest absolute Gasteiger partial charge is 0.329 e. The first-order valence-electron chi connectivity index (χ1n) is 7.17. The first-order valence-corrected chi connectivity index (χ1v) is 7.17. The van der Waals surface area contributed by atoms with Gasteiger partial charge in [-0.25, -0.2) is 4.79 Å². The number of amides is 1. The lowest BCUT2D eigenvalue weighted by Gasteiger charge is -2.31. The van der Waals surface area contributed by atoms with Gasteiger partial charge in [-0.1, -0.05) is 12.1 Å². The largest absolute Gasteiger partial charge is 0.493 e. The Balaban J connectivity index is 1.89. The number of rotatable bonds is 5. The number of carboxylic acids is 1. The Morgan fingerprint density at radius 3 is 2.86 bits per heavy atom. The second-order valence-corrected chi connectivity index (χ2v) is 5.64. The summed E-state index contributed by atoms with van der Waals surface area (Å²) >= 11 is 0. The summed E-state index contributed by atoms with van der Waals surface area (Å²) in [5.74, 6) is -0.372. The van der Waals surface area contributed by atoms with Crippen LogP contribution in [0.25, 0.3) is 0 Å². The summed E-state index contributed by atoms with van der Waals surface area (Å²) in [6.07, 6.45) is 1.43. The Labute approximate surface area is 124 Å². The second kappa shape index (κ2) is 6.16. The Hall–Kier alpha value is -2.04. The van der Waals surface area contributed by atoms with Crippen LogP contribution in [0.15, 0.2) is 24.3 Å². The van der Waals surface area contributed by atoms with Crippen LogP contribution >= 0.6 is 0 Å². The van der Waals surface area contributed by atoms with E-state index in [0.29, 0.717) is 13.0 Å². The lowest BCUT2D eigenvalue weighted by molar-refractivity contribution is -0.155. The third-order valence-corrected chi connectivity index (χ3v) is 3.98. The molecule has 1 unspecified atom stereocenters. The zero-order valence-electron chi connectivity index (χ0n) is 12.5. The van der Waals surface area contributed by atoms with Crippen LogP contribution in [0.5, 0.6) is 5.75 Å². The van der Waals surface area contributed by atoms with Gasteiger partial charge < -0.3 is 14.7 Å². The predicted octanol–water partition coefficient (Wildman–Crippen LogP) is 2.23. The van der Waals surface area contributed by atoms with Crippen LogP contribution in [0.3, 0.4) is 0 Å². The highest BCUT2D eigenvalue weighted by atomic mass is 16.5. The minimum Gasteiger partial charge on any atom is -0.493 e. The van der Waals surface area contributed by atoms with Gasteiger partial charge >= 0.3 is 5.97 Å². The number of hydrogen-bond acceptors (Lipinski definition) is 3. The maximum absolute atomic E-state index is 12.2. The SMILES string of the molecule is Cc1cccc(OCCC(=O)N2CCCC2(C)C(=O)O)c1. The van der Waals surface area contributed by atoms with Crippen LogP contribution in [0.1, 0.15) is 31.7 Å². The molecular weight excluding hydrogens is 270 g/mol. The van der Waals surface area contributed by atoms with E-state index in [1.807, 2.05) is 31.2 Å². The van der Waals surface area contributed by atoms with Gasteiger partial charge in [-0.3, -0.25) is 4.79 Å². The molecule has 0 saturated carbocycles. The van der Waals surface area contributed by atoms with Crippen molar-refractivity contribution in [3.63, 3.8) is 0 Å². The van der Waals surface area contributed by atoms with Gasteiger partial charge in [-0.15, -0.1) is 0 Å². The van der Waals surface area contributed by atoms with Crippen LogP contribution in [0.2, 0.25) is 0 Å². The van der Waals surface area contributed by atoms with Gasteiger partial charge in [-0.2, -0.15) is 0 Å². The van der Waals surface area contributed by atoms with Crippen molar-refractivity contribution in [1.82, 2.24) is 4.90 Å². The molecule has 5 heteroatoms. The normalized spacial score (nSPS) is 21.3. The van der Waals surface area contributed by atoms with E-state index in [9.17, 15) is 14.7 Å². The molecule has 1 saturated heterocycles. The summed E-state index contributed by atoms with van der Waals surface area (Å²) in [7, 11) is 0. The molecule has 0 radical (unpaired) electrons. The molecule has 0 aromatic heterocycles. The molecule has 21 heavy (non-hydrogen) atoms. The molecule has 0 bridgehead atoms. The lowest BCUT2D eigenvalue weighted by atomic mass is 9.99. The van der Waals surface area contributed by atoms with Gasteiger partial charge in [0, 0.05) is 6.54 Å². The van der Waals surface area contributed by atoms with Crippen molar-refractivity contribution in [2.75, 3.05) is 13.2 Å². The molecule has 0 aliphatic carbocycles. The molecule has 1 aromatic rings. The molecule has 1 fully saturated rings. The van der Waals surface area contributed by atoms with Crippen LogP contribution in [0, 0.1) is 6.92 Å². The van der Waals surface area contributed by atoms with Crippen LogP contribution in [-0.4, -0.2) is 40.6 Å². The highest BCUT2D eigenvalue weighted by Gasteiger charge is 2.45. The lowest BCUT2D eigenvalue weighted by Crippen LogP contribution is -2.51. The Morgan fingerprint density at radius 1 is 1.43 bits per heavy atom. The van der Waals surface area contributed by atoms with Crippen molar-refractivity contribution in [2.24, 2.45) is 0 Å². The number of likely N-dealkylation sites (tertiary alicyclic amines) is 1. The molecule has 1 atom stereocenters. The molecule has 2 rings (SSSR count). The molecule has 1 aliphatic rings. The Kier molecular flexibility index (Phi) is 4.50. The molecule has 1 aliphatic heterocycles. The van der Waals surface area contributed by atoms with Crippen molar-refractivity contribution in [1.29, 1.82) is 0 Å². The van der Waals surface area contributed by atoms with Crippen molar-refractivity contribution < 1.29 is 19.4 Å². The zero-order chi connectivity index (χ0) is 15.5. The first kappa shape index (κ1) is 15.4. The Morgan fingerprint density at radius 2 is 2.19 bits per heavy atom. The predicted molar refractivity (Wildman–Crippen MR) is 78.3 cm³/mol. The third-order valence-electron chi connectivity index (χ3n) is 3.98. The molecule has 0 spiro atoms. The summed E-state index contributed by atoms with van der Waals surface area (Å²) < 4.78 is 5.55. The highest BCUT2D eigenvalue weighted by Crippen LogP contribution is 2.29. The van der Waals surface area contributed by atoms with E-state index in [-0.39, 0.29) is 18.9 Å². The topological polar surface area (TPSA) is 66.8 Å². The number of carbonyl (C=O) groups is 2. The number of benzene rings is 1. The van der Waals surface area contributed by atoms with Crippen LogP contribution in [-0.2, 0) is 9.59 Å². The van der Waals surface area contributed by atoms with E-state index in [4.69, 9.17) is 4.74 Å². The van der Waals surface area contributed by atoms with Crippen LogP contribution in [0.4, 0.5) is 0 Å². The number of carbonyl (C=O) groups excluding carboxylic acids is 1. The first-order chi connectivity index (χ1) is 9.93. The van der Waals surface area contributed by atoms with Gasteiger partial charge in [0.15, 0.2) is 0 Å². The summed E-state index contributed by atoms with van der Waals surface area (Å²) in [6, 6.07) is 7.62. The summed E-state index contributed by atoms with van der Waals surface area (Å²) in [5, 5.41) is 9.30. The minimum atomic E-state index is -1.07. The van der Waals surface area contributed by atoms with Gasteiger partial charge in [0.25, 0.3) is 0 Å². The van der Waals surface area contributed by atoms with E-state index in [1.54, 1.807) is 6.92 Å². The van der Waals surface area contributed by atoms with Gasteiger partial charge in [0.1, 0.15) is 11.3 Å². The fourth-order valence-electron chi connectivity index (χ4n) is 2.68. The summed E-state index contributed by atoms with van der Waals surface area (Å²) in [5.41, 5.74) is 0.0253. The maximum atomic E-state index is 12.2. The fraction of sp³-hybridized carbons (Fsp3) is 0.500. The monoisotopic (exact) mass is 291 g/mol. The molecular formula is C16H21NO4. The third kappa shape index (κ3) is 3.35. The molecule has 114 valence electrons. The summed E-state index contributed by atoms with van der Waals surface area (Å²) in [4.78, 5) is 25.0. The van der Waals surface area contributed by atoms with Crippen molar-refractivity contribution >= 4 is 11.9 Å². The van der Waals surface area contributed by atoms with E-state index in [0.717, 1.165) is 17.7 Å². The standard InChI is InChI=1S/C16H21NO4/c1-12-5-3-6-13(11-12)21-10-7-14(18)17-9-4-8-16(17,2)15(19)20/h3,5-6,11H,4,7-10H2,1-2H3,(H,19,20). The van der Waals surface area contributed by atoms with Crippen molar-refractivity contribution in [2.45, 2.75) is 38.6 Å². The molecule has 1 amide bonds. The number of nitrogens with zero attached hydrogens (tertiary/aromatic N) is 1. The average molecular weight is 291 g/mol.